The monoisotopic (exact) mass is 256 g/mol. The molecular weight excluding hydrogens is 244 g/mol. The second-order valence-corrected chi connectivity index (χ2v) is 3.56. The Morgan fingerprint density at radius 1 is 1.41 bits per heavy atom. The summed E-state index contributed by atoms with van der Waals surface area (Å²) >= 11 is 0. The molecule has 17 heavy (non-hydrogen) atoms. The summed E-state index contributed by atoms with van der Waals surface area (Å²) < 4.78 is 3.26. The lowest BCUT2D eigenvalue weighted by Crippen LogP contribution is -2.09. The van der Waals surface area contributed by atoms with Crippen molar-refractivity contribution in [2.75, 3.05) is 0 Å². The minimum atomic E-state index is -0.978. The highest BCUT2D eigenvalue weighted by Crippen LogP contribution is 2.18. The SMILES string of the molecule is Cc1nn(C)c(-n2ccnc2C)c1C(=O)O.Cl. The number of aromatic nitrogens is 4. The van der Waals surface area contributed by atoms with Gasteiger partial charge in [0.2, 0.25) is 0 Å². The maximum absolute atomic E-state index is 11.2. The first-order valence-corrected chi connectivity index (χ1v) is 4.79. The summed E-state index contributed by atoms with van der Waals surface area (Å²) in [6.07, 6.45) is 3.35. The molecule has 0 unspecified atom stereocenters. The number of carbonyl (C=O) groups is 1. The molecule has 2 aromatic rings. The first-order chi connectivity index (χ1) is 7.52. The molecule has 6 nitrogen and oxygen atoms in total. The molecular formula is C10H13ClN4O2. The van der Waals surface area contributed by atoms with Crippen molar-refractivity contribution in [3.63, 3.8) is 0 Å². The Hall–Kier alpha value is -1.82. The summed E-state index contributed by atoms with van der Waals surface area (Å²) in [6.45, 7) is 3.49. The van der Waals surface area contributed by atoms with Crippen molar-refractivity contribution in [3.05, 3.63) is 29.5 Å². The average molecular weight is 257 g/mol. The van der Waals surface area contributed by atoms with Crippen LogP contribution in [0.2, 0.25) is 0 Å². The highest BCUT2D eigenvalue weighted by molar-refractivity contribution is 5.92. The van der Waals surface area contributed by atoms with Crippen molar-refractivity contribution in [3.8, 4) is 5.82 Å². The molecule has 1 N–H and O–H groups in total. The van der Waals surface area contributed by atoms with Crippen LogP contribution in [0.4, 0.5) is 0 Å². The van der Waals surface area contributed by atoms with Gasteiger partial charge < -0.3 is 5.11 Å². The van der Waals surface area contributed by atoms with Crippen LogP contribution >= 0.6 is 12.4 Å². The van der Waals surface area contributed by atoms with Gasteiger partial charge in [0.1, 0.15) is 11.4 Å². The fourth-order valence-electron chi connectivity index (χ4n) is 1.77. The van der Waals surface area contributed by atoms with Crippen molar-refractivity contribution in [2.45, 2.75) is 13.8 Å². The van der Waals surface area contributed by atoms with Gasteiger partial charge in [-0.1, -0.05) is 0 Å². The van der Waals surface area contributed by atoms with Crippen LogP contribution in [0.3, 0.4) is 0 Å². The largest absolute Gasteiger partial charge is 0.477 e. The number of aryl methyl sites for hydroxylation is 3. The fraction of sp³-hybridized carbons (Fsp3) is 0.300. The Kier molecular flexibility index (Phi) is 3.57. The van der Waals surface area contributed by atoms with Gasteiger partial charge in [-0.05, 0) is 13.8 Å². The van der Waals surface area contributed by atoms with Crippen molar-refractivity contribution in [1.82, 2.24) is 19.3 Å². The number of hydrogen-bond acceptors (Lipinski definition) is 3. The standard InChI is InChI=1S/C10H12N4O2.ClH/c1-6-8(10(15)16)9(13(3)12-6)14-5-4-11-7(14)2;/h4-5H,1-3H3,(H,15,16);1H. The molecule has 0 aromatic carbocycles. The van der Waals surface area contributed by atoms with Crippen molar-refractivity contribution >= 4 is 18.4 Å². The van der Waals surface area contributed by atoms with Gasteiger partial charge in [-0.3, -0.25) is 9.25 Å². The summed E-state index contributed by atoms with van der Waals surface area (Å²) in [4.78, 5) is 15.2. The summed E-state index contributed by atoms with van der Waals surface area (Å²) in [5.74, 6) is 0.277. The van der Waals surface area contributed by atoms with Crippen LogP contribution in [-0.2, 0) is 7.05 Å². The van der Waals surface area contributed by atoms with Crippen LogP contribution in [-0.4, -0.2) is 30.4 Å². The Balaban J connectivity index is 0.00000144. The van der Waals surface area contributed by atoms with E-state index in [0.29, 0.717) is 11.5 Å². The van der Waals surface area contributed by atoms with Crippen molar-refractivity contribution in [2.24, 2.45) is 7.05 Å². The zero-order valence-corrected chi connectivity index (χ0v) is 10.5. The van der Waals surface area contributed by atoms with E-state index in [0.717, 1.165) is 5.82 Å². The lowest BCUT2D eigenvalue weighted by molar-refractivity contribution is 0.0696. The van der Waals surface area contributed by atoms with Gasteiger partial charge in [0, 0.05) is 19.4 Å². The molecule has 2 aromatic heterocycles. The topological polar surface area (TPSA) is 72.9 Å². The first-order valence-electron chi connectivity index (χ1n) is 4.79. The predicted molar refractivity (Wildman–Crippen MR) is 64.0 cm³/mol. The van der Waals surface area contributed by atoms with Gasteiger partial charge in [0.05, 0.1) is 5.69 Å². The molecule has 0 saturated carbocycles. The van der Waals surface area contributed by atoms with Gasteiger partial charge in [0.25, 0.3) is 0 Å². The Labute approximate surface area is 104 Å². The molecule has 0 spiro atoms. The number of halogens is 1. The molecule has 0 amide bonds. The highest BCUT2D eigenvalue weighted by Gasteiger charge is 2.21. The van der Waals surface area contributed by atoms with E-state index in [1.54, 1.807) is 35.6 Å². The molecule has 2 rings (SSSR count). The van der Waals surface area contributed by atoms with Gasteiger partial charge in [0.15, 0.2) is 5.82 Å². The van der Waals surface area contributed by atoms with Gasteiger partial charge in [-0.25, -0.2) is 9.78 Å². The van der Waals surface area contributed by atoms with Gasteiger partial charge in [-0.15, -0.1) is 12.4 Å². The van der Waals surface area contributed by atoms with E-state index in [1.165, 1.54) is 0 Å². The molecule has 2 heterocycles. The molecule has 0 bridgehead atoms. The summed E-state index contributed by atoms with van der Waals surface area (Å²) in [7, 11) is 1.72. The number of nitrogens with zero attached hydrogens (tertiary/aromatic N) is 4. The van der Waals surface area contributed by atoms with E-state index in [4.69, 9.17) is 5.11 Å². The van der Waals surface area contributed by atoms with E-state index < -0.39 is 5.97 Å². The highest BCUT2D eigenvalue weighted by atomic mass is 35.5. The van der Waals surface area contributed by atoms with Crippen molar-refractivity contribution in [1.29, 1.82) is 0 Å². The van der Waals surface area contributed by atoms with Crippen LogP contribution in [0.5, 0.6) is 0 Å². The minimum absolute atomic E-state index is 0. The molecule has 0 fully saturated rings. The molecule has 0 atom stereocenters. The third kappa shape index (κ3) is 2.03. The second kappa shape index (κ2) is 4.58. The number of hydrogen-bond donors (Lipinski definition) is 1. The molecule has 0 saturated heterocycles. The zero-order chi connectivity index (χ0) is 11.9. The van der Waals surface area contributed by atoms with Gasteiger partial charge in [-0.2, -0.15) is 5.10 Å². The Morgan fingerprint density at radius 2 is 2.06 bits per heavy atom. The third-order valence-electron chi connectivity index (χ3n) is 2.46. The molecule has 92 valence electrons. The number of aromatic carboxylic acids is 1. The molecule has 7 heteroatoms. The number of carboxylic acid groups (broad SMARTS) is 1. The second-order valence-electron chi connectivity index (χ2n) is 3.56. The van der Waals surface area contributed by atoms with Crippen LogP contribution in [0, 0.1) is 13.8 Å². The summed E-state index contributed by atoms with van der Waals surface area (Å²) in [5.41, 5.74) is 0.710. The average Bonchev–Trinajstić information content (AvgIpc) is 2.69. The van der Waals surface area contributed by atoms with Crippen LogP contribution in [0.25, 0.3) is 5.82 Å². The predicted octanol–water partition coefficient (Wildman–Crippen LogP) is 1.34. The molecule has 0 aliphatic carbocycles. The number of carboxylic acids is 1. The zero-order valence-electron chi connectivity index (χ0n) is 9.71. The molecule has 0 radical (unpaired) electrons. The quantitative estimate of drug-likeness (QED) is 0.880. The van der Waals surface area contributed by atoms with E-state index in [1.807, 2.05) is 6.92 Å². The van der Waals surface area contributed by atoms with E-state index in [9.17, 15) is 4.79 Å². The minimum Gasteiger partial charge on any atom is -0.477 e. The number of imidazole rings is 1. The summed E-state index contributed by atoms with van der Waals surface area (Å²) in [6, 6.07) is 0. The lowest BCUT2D eigenvalue weighted by atomic mass is 10.2. The van der Waals surface area contributed by atoms with Crippen LogP contribution in [0.1, 0.15) is 21.9 Å². The smallest absolute Gasteiger partial charge is 0.341 e. The van der Waals surface area contributed by atoms with Crippen molar-refractivity contribution < 1.29 is 9.90 Å². The molecule has 0 aliphatic rings. The fourth-order valence-corrected chi connectivity index (χ4v) is 1.77. The van der Waals surface area contributed by atoms with E-state index >= 15 is 0 Å². The Bertz CT molecular complexity index is 559. The lowest BCUT2D eigenvalue weighted by Gasteiger charge is -2.06. The maximum atomic E-state index is 11.2. The summed E-state index contributed by atoms with van der Waals surface area (Å²) in [5, 5.41) is 13.3. The van der Waals surface area contributed by atoms with Gasteiger partial charge >= 0.3 is 5.97 Å². The van der Waals surface area contributed by atoms with E-state index in [2.05, 4.69) is 10.1 Å². The Morgan fingerprint density at radius 3 is 2.53 bits per heavy atom. The number of rotatable bonds is 2. The van der Waals surface area contributed by atoms with Crippen LogP contribution in [0.15, 0.2) is 12.4 Å². The third-order valence-corrected chi connectivity index (χ3v) is 2.46. The van der Waals surface area contributed by atoms with E-state index in [-0.39, 0.29) is 18.0 Å². The molecule has 0 aliphatic heterocycles. The first kappa shape index (κ1) is 13.2. The maximum Gasteiger partial charge on any atom is 0.341 e. The normalized spacial score (nSPS) is 10.1. The van der Waals surface area contributed by atoms with Crippen LogP contribution < -0.4 is 0 Å².